The molecule has 6 heteroatoms. The molecule has 0 aromatic heterocycles. The SMILES string of the molecule is Cc1cccc(S(=O)(=O)N2CC(c3ccccc3)OCC2(C)C)c1C#N. The molecule has 2 aromatic carbocycles. The van der Waals surface area contributed by atoms with Crippen LogP contribution in [-0.4, -0.2) is 31.4 Å². The highest BCUT2D eigenvalue weighted by Crippen LogP contribution is 2.35. The Bertz CT molecular complexity index is 947. The summed E-state index contributed by atoms with van der Waals surface area (Å²) in [4.78, 5) is 0.0572. The molecule has 0 saturated carbocycles. The molecule has 0 bridgehead atoms. The Morgan fingerprint density at radius 3 is 2.50 bits per heavy atom. The number of morpholine rings is 1. The third-order valence-electron chi connectivity index (χ3n) is 4.73. The zero-order chi connectivity index (χ0) is 18.9. The van der Waals surface area contributed by atoms with Gasteiger partial charge in [0.05, 0.1) is 23.8 Å². The van der Waals surface area contributed by atoms with E-state index in [1.165, 1.54) is 10.4 Å². The van der Waals surface area contributed by atoms with Crippen LogP contribution >= 0.6 is 0 Å². The summed E-state index contributed by atoms with van der Waals surface area (Å²) in [5.41, 5.74) is 1.08. The lowest BCUT2D eigenvalue weighted by atomic mass is 10.0. The van der Waals surface area contributed by atoms with Crippen molar-refractivity contribution in [1.29, 1.82) is 5.26 Å². The molecule has 1 atom stereocenters. The van der Waals surface area contributed by atoms with Gasteiger partial charge >= 0.3 is 0 Å². The van der Waals surface area contributed by atoms with E-state index in [0.717, 1.165) is 5.56 Å². The fraction of sp³-hybridized carbons (Fsp3) is 0.350. The highest BCUT2D eigenvalue weighted by molar-refractivity contribution is 7.89. The minimum atomic E-state index is -3.85. The maximum atomic E-state index is 13.4. The quantitative estimate of drug-likeness (QED) is 0.830. The molecule has 0 radical (unpaired) electrons. The Kier molecular flexibility index (Phi) is 4.89. The van der Waals surface area contributed by atoms with Gasteiger partial charge in [-0.15, -0.1) is 0 Å². The first-order chi connectivity index (χ1) is 12.3. The molecule has 0 amide bonds. The van der Waals surface area contributed by atoms with Gasteiger partial charge in [0.1, 0.15) is 11.0 Å². The molecule has 1 aliphatic heterocycles. The topological polar surface area (TPSA) is 70.4 Å². The molecule has 1 unspecified atom stereocenters. The van der Waals surface area contributed by atoms with Crippen molar-refractivity contribution in [3.05, 3.63) is 65.2 Å². The lowest BCUT2D eigenvalue weighted by Gasteiger charge is -2.44. The van der Waals surface area contributed by atoms with Crippen molar-refractivity contribution in [2.45, 2.75) is 37.3 Å². The number of hydrogen-bond acceptors (Lipinski definition) is 4. The average Bonchev–Trinajstić information content (AvgIpc) is 2.61. The van der Waals surface area contributed by atoms with E-state index in [0.29, 0.717) is 5.56 Å². The monoisotopic (exact) mass is 370 g/mol. The number of hydrogen-bond donors (Lipinski definition) is 0. The van der Waals surface area contributed by atoms with Gasteiger partial charge in [0, 0.05) is 6.54 Å². The van der Waals surface area contributed by atoms with Crippen LogP contribution in [0, 0.1) is 18.3 Å². The van der Waals surface area contributed by atoms with Gasteiger partial charge in [0.15, 0.2) is 0 Å². The van der Waals surface area contributed by atoms with Crippen molar-refractivity contribution in [3.8, 4) is 6.07 Å². The van der Waals surface area contributed by atoms with E-state index in [1.54, 1.807) is 19.1 Å². The average molecular weight is 370 g/mol. The summed E-state index contributed by atoms with van der Waals surface area (Å²) in [6.45, 7) is 5.91. The molecule has 26 heavy (non-hydrogen) atoms. The van der Waals surface area contributed by atoms with E-state index < -0.39 is 15.6 Å². The number of nitrogens with zero attached hydrogens (tertiary/aromatic N) is 2. The van der Waals surface area contributed by atoms with E-state index in [2.05, 4.69) is 0 Å². The molecule has 2 aromatic rings. The predicted octanol–water partition coefficient (Wildman–Crippen LogP) is 3.41. The zero-order valence-electron chi connectivity index (χ0n) is 15.1. The first-order valence-corrected chi connectivity index (χ1v) is 9.90. The highest BCUT2D eigenvalue weighted by atomic mass is 32.2. The maximum absolute atomic E-state index is 13.4. The summed E-state index contributed by atoms with van der Waals surface area (Å²) in [6.07, 6.45) is -0.339. The summed E-state index contributed by atoms with van der Waals surface area (Å²) < 4.78 is 34.3. The van der Waals surface area contributed by atoms with Crippen LogP contribution in [0.15, 0.2) is 53.4 Å². The van der Waals surface area contributed by atoms with Gasteiger partial charge in [-0.1, -0.05) is 42.5 Å². The third kappa shape index (κ3) is 3.26. The Labute approximate surface area is 154 Å². The molecule has 0 N–H and O–H groups in total. The third-order valence-corrected chi connectivity index (χ3v) is 6.85. The minimum absolute atomic E-state index is 0.0572. The van der Waals surface area contributed by atoms with Crippen molar-refractivity contribution in [2.75, 3.05) is 13.2 Å². The van der Waals surface area contributed by atoms with Crippen LogP contribution in [0.3, 0.4) is 0 Å². The lowest BCUT2D eigenvalue weighted by Crippen LogP contribution is -2.56. The zero-order valence-corrected chi connectivity index (χ0v) is 16.0. The minimum Gasteiger partial charge on any atom is -0.370 e. The molecule has 0 aliphatic carbocycles. The Hall–Kier alpha value is -2.20. The molecule has 1 aliphatic rings. The van der Waals surface area contributed by atoms with Crippen molar-refractivity contribution in [2.24, 2.45) is 0 Å². The molecule has 1 heterocycles. The van der Waals surface area contributed by atoms with E-state index in [-0.39, 0.29) is 29.7 Å². The smallest absolute Gasteiger partial charge is 0.245 e. The van der Waals surface area contributed by atoms with Gasteiger partial charge < -0.3 is 4.74 Å². The second-order valence-corrected chi connectivity index (χ2v) is 8.95. The summed E-state index contributed by atoms with van der Waals surface area (Å²) in [5.74, 6) is 0. The second kappa shape index (κ2) is 6.84. The Balaban J connectivity index is 2.05. The normalized spacial score (nSPS) is 20.5. The number of benzene rings is 2. The van der Waals surface area contributed by atoms with Crippen LogP contribution < -0.4 is 0 Å². The Morgan fingerprint density at radius 2 is 1.85 bits per heavy atom. The number of rotatable bonds is 3. The molecule has 3 rings (SSSR count). The molecule has 0 spiro atoms. The number of ether oxygens (including phenoxy) is 1. The Morgan fingerprint density at radius 1 is 1.15 bits per heavy atom. The summed E-state index contributed by atoms with van der Waals surface area (Å²) in [6, 6.07) is 16.6. The van der Waals surface area contributed by atoms with E-state index in [9.17, 15) is 13.7 Å². The lowest BCUT2D eigenvalue weighted by molar-refractivity contribution is -0.0655. The number of sulfonamides is 1. The number of nitriles is 1. The summed E-state index contributed by atoms with van der Waals surface area (Å²) >= 11 is 0. The standard InChI is InChI=1S/C20H22N2O3S/c1-15-8-7-11-19(17(15)12-21)26(23,24)22-13-18(25-14-20(22,2)3)16-9-5-4-6-10-16/h4-11,18H,13-14H2,1-3H3. The molecule has 1 saturated heterocycles. The van der Waals surface area contributed by atoms with Crippen LogP contribution in [0.2, 0.25) is 0 Å². The van der Waals surface area contributed by atoms with Crippen LogP contribution in [-0.2, 0) is 14.8 Å². The van der Waals surface area contributed by atoms with Crippen molar-refractivity contribution >= 4 is 10.0 Å². The van der Waals surface area contributed by atoms with Gasteiger partial charge in [0.2, 0.25) is 10.0 Å². The molecule has 5 nitrogen and oxygen atoms in total. The van der Waals surface area contributed by atoms with E-state index in [4.69, 9.17) is 4.74 Å². The number of aryl methyl sites for hydroxylation is 1. The van der Waals surface area contributed by atoms with Crippen LogP contribution in [0.4, 0.5) is 0 Å². The largest absolute Gasteiger partial charge is 0.370 e. The van der Waals surface area contributed by atoms with Crippen LogP contribution in [0.25, 0.3) is 0 Å². The fourth-order valence-electron chi connectivity index (χ4n) is 3.24. The first-order valence-electron chi connectivity index (χ1n) is 8.46. The van der Waals surface area contributed by atoms with Crippen LogP contribution in [0.1, 0.15) is 36.6 Å². The van der Waals surface area contributed by atoms with Gasteiger partial charge in [-0.25, -0.2) is 8.42 Å². The van der Waals surface area contributed by atoms with Gasteiger partial charge in [-0.05, 0) is 38.0 Å². The fourth-order valence-corrected chi connectivity index (χ4v) is 5.23. The predicted molar refractivity (Wildman–Crippen MR) is 99.0 cm³/mol. The first kappa shape index (κ1) is 18.6. The van der Waals surface area contributed by atoms with Gasteiger partial charge in [-0.3, -0.25) is 0 Å². The summed E-state index contributed by atoms with van der Waals surface area (Å²) in [7, 11) is -3.85. The molecular weight excluding hydrogens is 348 g/mol. The van der Waals surface area contributed by atoms with E-state index in [1.807, 2.05) is 50.2 Å². The van der Waals surface area contributed by atoms with Gasteiger partial charge in [-0.2, -0.15) is 9.57 Å². The van der Waals surface area contributed by atoms with Crippen molar-refractivity contribution in [3.63, 3.8) is 0 Å². The van der Waals surface area contributed by atoms with E-state index >= 15 is 0 Å². The molecular formula is C20H22N2O3S. The maximum Gasteiger partial charge on any atom is 0.245 e. The van der Waals surface area contributed by atoms with Crippen LogP contribution in [0.5, 0.6) is 0 Å². The second-order valence-electron chi connectivity index (χ2n) is 7.12. The van der Waals surface area contributed by atoms with Crippen molar-refractivity contribution in [1.82, 2.24) is 4.31 Å². The molecule has 1 fully saturated rings. The highest BCUT2D eigenvalue weighted by Gasteiger charge is 2.44. The molecule has 136 valence electrons. The van der Waals surface area contributed by atoms with Crippen molar-refractivity contribution < 1.29 is 13.2 Å². The van der Waals surface area contributed by atoms with Gasteiger partial charge in [0.25, 0.3) is 0 Å². The summed E-state index contributed by atoms with van der Waals surface area (Å²) in [5, 5.41) is 9.46.